The summed E-state index contributed by atoms with van der Waals surface area (Å²) in [7, 11) is 0. The molecule has 0 aliphatic carbocycles. The Labute approximate surface area is 124 Å². The van der Waals surface area contributed by atoms with E-state index < -0.39 is 0 Å². The van der Waals surface area contributed by atoms with Gasteiger partial charge in [-0.3, -0.25) is 4.79 Å². The van der Waals surface area contributed by atoms with Crippen molar-refractivity contribution in [1.29, 1.82) is 0 Å². The molecule has 0 radical (unpaired) electrons. The molecule has 0 spiro atoms. The summed E-state index contributed by atoms with van der Waals surface area (Å²) in [5, 5.41) is 5.99. The number of carbonyl (C=O) groups is 1. The second-order valence-corrected chi connectivity index (χ2v) is 5.20. The summed E-state index contributed by atoms with van der Waals surface area (Å²) in [6.07, 6.45) is 3.06. The zero-order chi connectivity index (χ0) is 15.2. The molecule has 0 atom stereocenters. The summed E-state index contributed by atoms with van der Waals surface area (Å²) in [5.41, 5.74) is 2.76. The fraction of sp³-hybridized carbons (Fsp3) is 0.312. The quantitative estimate of drug-likeness (QED) is 0.885. The molecule has 0 fully saturated rings. The third kappa shape index (κ3) is 4.27. The molecular formula is C16H20N4O. The van der Waals surface area contributed by atoms with E-state index in [-0.39, 0.29) is 11.9 Å². The minimum Gasteiger partial charge on any atom is -0.365 e. The summed E-state index contributed by atoms with van der Waals surface area (Å²) in [5.74, 6) is 0.447. The maximum Gasteiger partial charge on any atom is 0.271 e. The highest BCUT2D eigenvalue weighted by Crippen LogP contribution is 2.09. The Bertz CT molecular complexity index is 608. The number of benzene rings is 1. The average Bonchev–Trinajstić information content (AvgIpc) is 2.46. The normalized spacial score (nSPS) is 10.5. The van der Waals surface area contributed by atoms with Crippen molar-refractivity contribution in [2.45, 2.75) is 33.4 Å². The number of carbonyl (C=O) groups excluding carboxylic acids is 1. The predicted molar refractivity (Wildman–Crippen MR) is 83.1 cm³/mol. The van der Waals surface area contributed by atoms with Crippen molar-refractivity contribution in [2.75, 3.05) is 5.32 Å². The fourth-order valence-electron chi connectivity index (χ4n) is 1.87. The number of aromatic nitrogens is 2. The number of amides is 1. The summed E-state index contributed by atoms with van der Waals surface area (Å²) < 4.78 is 0. The van der Waals surface area contributed by atoms with Crippen LogP contribution >= 0.6 is 0 Å². The summed E-state index contributed by atoms with van der Waals surface area (Å²) >= 11 is 0. The number of rotatable bonds is 5. The molecule has 1 aromatic heterocycles. The van der Waals surface area contributed by atoms with Gasteiger partial charge in [-0.25, -0.2) is 9.97 Å². The van der Waals surface area contributed by atoms with Crippen LogP contribution in [0.5, 0.6) is 0 Å². The highest BCUT2D eigenvalue weighted by molar-refractivity contribution is 5.92. The van der Waals surface area contributed by atoms with Crippen LogP contribution in [0.25, 0.3) is 0 Å². The van der Waals surface area contributed by atoms with Gasteiger partial charge in [-0.1, -0.05) is 24.3 Å². The monoisotopic (exact) mass is 284 g/mol. The maximum absolute atomic E-state index is 11.8. The van der Waals surface area contributed by atoms with Crippen LogP contribution in [-0.2, 0) is 6.54 Å². The number of hydrogen-bond acceptors (Lipinski definition) is 4. The maximum atomic E-state index is 11.8. The minimum atomic E-state index is -0.206. The molecule has 1 amide bonds. The lowest BCUT2D eigenvalue weighted by Crippen LogP contribution is -2.30. The molecular weight excluding hydrogens is 264 g/mol. The molecule has 2 aromatic rings. The first kappa shape index (κ1) is 15.0. The first-order chi connectivity index (χ1) is 10.1. The van der Waals surface area contributed by atoms with Crippen LogP contribution in [0, 0.1) is 6.92 Å². The molecule has 0 aliphatic rings. The third-order valence-electron chi connectivity index (χ3n) is 3.03. The van der Waals surface area contributed by atoms with Gasteiger partial charge in [0.15, 0.2) is 0 Å². The van der Waals surface area contributed by atoms with Crippen molar-refractivity contribution in [1.82, 2.24) is 15.3 Å². The molecule has 110 valence electrons. The Morgan fingerprint density at radius 2 is 1.95 bits per heavy atom. The second kappa shape index (κ2) is 6.83. The standard InChI is InChI=1S/C16H20N4O/c1-11(2)20-16(21)14-9-19-15(10-17-14)18-8-13-7-5-4-6-12(13)3/h4-7,9-11H,8H2,1-3H3,(H,18,19)(H,20,21). The molecule has 2 rings (SSSR count). The summed E-state index contributed by atoms with van der Waals surface area (Å²) in [4.78, 5) is 20.1. The first-order valence-electron chi connectivity index (χ1n) is 6.97. The molecule has 0 aliphatic heterocycles. The average molecular weight is 284 g/mol. The Morgan fingerprint density at radius 3 is 2.57 bits per heavy atom. The van der Waals surface area contributed by atoms with Gasteiger partial charge in [0.25, 0.3) is 5.91 Å². The van der Waals surface area contributed by atoms with Gasteiger partial charge in [0, 0.05) is 12.6 Å². The Morgan fingerprint density at radius 1 is 1.19 bits per heavy atom. The lowest BCUT2D eigenvalue weighted by molar-refractivity contribution is 0.0937. The predicted octanol–water partition coefficient (Wildman–Crippen LogP) is 2.54. The van der Waals surface area contributed by atoms with Crippen LogP contribution in [0.4, 0.5) is 5.82 Å². The number of nitrogens with zero attached hydrogens (tertiary/aromatic N) is 2. The minimum absolute atomic E-state index is 0.0816. The van der Waals surface area contributed by atoms with Crippen LogP contribution < -0.4 is 10.6 Å². The molecule has 1 heterocycles. The van der Waals surface area contributed by atoms with Crippen molar-refractivity contribution in [3.63, 3.8) is 0 Å². The van der Waals surface area contributed by atoms with Crippen LogP contribution in [0.15, 0.2) is 36.7 Å². The zero-order valence-corrected chi connectivity index (χ0v) is 12.6. The largest absolute Gasteiger partial charge is 0.365 e. The smallest absolute Gasteiger partial charge is 0.271 e. The molecule has 0 saturated heterocycles. The van der Waals surface area contributed by atoms with Crippen molar-refractivity contribution < 1.29 is 4.79 Å². The van der Waals surface area contributed by atoms with Crippen molar-refractivity contribution in [3.8, 4) is 0 Å². The summed E-state index contributed by atoms with van der Waals surface area (Å²) in [6, 6.07) is 8.25. The van der Waals surface area contributed by atoms with Crippen LogP contribution in [-0.4, -0.2) is 21.9 Å². The lowest BCUT2D eigenvalue weighted by atomic mass is 10.1. The van der Waals surface area contributed by atoms with Crippen molar-refractivity contribution in [2.24, 2.45) is 0 Å². The van der Waals surface area contributed by atoms with Crippen LogP contribution in [0.2, 0.25) is 0 Å². The van der Waals surface area contributed by atoms with Gasteiger partial charge in [0.2, 0.25) is 0 Å². The van der Waals surface area contributed by atoms with E-state index >= 15 is 0 Å². The van der Waals surface area contributed by atoms with Gasteiger partial charge in [-0.2, -0.15) is 0 Å². The Kier molecular flexibility index (Phi) is 4.87. The Balaban J connectivity index is 1.97. The fourth-order valence-corrected chi connectivity index (χ4v) is 1.87. The molecule has 21 heavy (non-hydrogen) atoms. The van der Waals surface area contributed by atoms with Crippen LogP contribution in [0.1, 0.15) is 35.5 Å². The van der Waals surface area contributed by atoms with Gasteiger partial charge in [-0.15, -0.1) is 0 Å². The second-order valence-electron chi connectivity index (χ2n) is 5.20. The lowest BCUT2D eigenvalue weighted by Gasteiger charge is -2.09. The topological polar surface area (TPSA) is 66.9 Å². The van der Waals surface area contributed by atoms with Crippen molar-refractivity contribution in [3.05, 3.63) is 53.5 Å². The summed E-state index contributed by atoms with van der Waals surface area (Å²) in [6.45, 7) is 6.56. The van der Waals surface area contributed by atoms with Gasteiger partial charge in [0.05, 0.1) is 12.4 Å². The van der Waals surface area contributed by atoms with E-state index in [0.717, 1.165) is 0 Å². The van der Waals surface area contributed by atoms with E-state index in [0.29, 0.717) is 18.1 Å². The molecule has 5 nitrogen and oxygen atoms in total. The van der Waals surface area contributed by atoms with E-state index in [1.165, 1.54) is 17.3 Å². The Hall–Kier alpha value is -2.43. The molecule has 0 unspecified atom stereocenters. The van der Waals surface area contributed by atoms with E-state index in [4.69, 9.17) is 0 Å². The molecule has 1 aromatic carbocycles. The number of aryl methyl sites for hydroxylation is 1. The molecule has 5 heteroatoms. The van der Waals surface area contributed by atoms with Gasteiger partial charge >= 0.3 is 0 Å². The zero-order valence-electron chi connectivity index (χ0n) is 12.6. The van der Waals surface area contributed by atoms with Crippen molar-refractivity contribution >= 4 is 11.7 Å². The highest BCUT2D eigenvalue weighted by atomic mass is 16.1. The van der Waals surface area contributed by atoms with E-state index in [2.05, 4.69) is 39.7 Å². The molecule has 0 bridgehead atoms. The van der Waals surface area contributed by atoms with Gasteiger partial charge in [-0.05, 0) is 31.9 Å². The van der Waals surface area contributed by atoms with Gasteiger partial charge in [0.1, 0.15) is 11.5 Å². The molecule has 2 N–H and O–H groups in total. The van der Waals surface area contributed by atoms with E-state index in [9.17, 15) is 4.79 Å². The number of nitrogens with one attached hydrogen (secondary N) is 2. The van der Waals surface area contributed by atoms with E-state index in [1.807, 2.05) is 26.0 Å². The number of anilines is 1. The SMILES string of the molecule is Cc1ccccc1CNc1cnc(C(=O)NC(C)C)cn1. The van der Waals surface area contributed by atoms with E-state index in [1.54, 1.807) is 6.20 Å². The third-order valence-corrected chi connectivity index (χ3v) is 3.03. The van der Waals surface area contributed by atoms with Gasteiger partial charge < -0.3 is 10.6 Å². The van der Waals surface area contributed by atoms with Crippen LogP contribution in [0.3, 0.4) is 0 Å². The molecule has 0 saturated carbocycles. The first-order valence-corrected chi connectivity index (χ1v) is 6.97. The number of hydrogen-bond donors (Lipinski definition) is 2. The highest BCUT2D eigenvalue weighted by Gasteiger charge is 2.08.